The molecule has 1 N–H and O–H groups in total. The van der Waals surface area contributed by atoms with E-state index in [-0.39, 0.29) is 24.3 Å². The van der Waals surface area contributed by atoms with E-state index < -0.39 is 0 Å². The number of benzene rings is 4. The monoisotopic (exact) mass is 595 g/mol. The number of halogens is 1. The normalized spacial score (nSPS) is 14.2. The zero-order valence-corrected chi connectivity index (χ0v) is 25.5. The zero-order chi connectivity index (χ0) is 28.9. The van der Waals surface area contributed by atoms with Gasteiger partial charge in [-0.2, -0.15) is 0 Å². The van der Waals surface area contributed by atoms with Gasteiger partial charge in [0.05, 0.1) is 12.8 Å². The Hall–Kier alpha value is -4.26. The predicted octanol–water partition coefficient (Wildman–Crippen LogP) is 7.47. The number of aromatic nitrogens is 1. The molecule has 6 rings (SSSR count). The van der Waals surface area contributed by atoms with Gasteiger partial charge in [-0.1, -0.05) is 60.2 Å². The number of ether oxygens (including phenoxy) is 2. The summed E-state index contributed by atoms with van der Waals surface area (Å²) in [5.41, 5.74) is 5.84. The highest BCUT2D eigenvalue weighted by Crippen LogP contribution is 2.30. The number of anilines is 1. The van der Waals surface area contributed by atoms with E-state index in [1.807, 2.05) is 60.7 Å². The number of ketones is 1. The van der Waals surface area contributed by atoms with Gasteiger partial charge in [-0.05, 0) is 55.0 Å². The molecule has 2 heterocycles. The van der Waals surface area contributed by atoms with E-state index >= 15 is 0 Å². The first kappa shape index (κ1) is 30.2. The van der Waals surface area contributed by atoms with Crippen LogP contribution in [0, 0.1) is 6.92 Å². The quantitative estimate of drug-likeness (QED) is 0.170. The number of piperazine rings is 1. The summed E-state index contributed by atoms with van der Waals surface area (Å²) in [5, 5.41) is 0.936. The average molecular weight is 596 g/mol. The second kappa shape index (κ2) is 13.8. The number of H-pyrrole nitrogens is 1. The van der Waals surface area contributed by atoms with Crippen molar-refractivity contribution in [2.45, 2.75) is 19.4 Å². The van der Waals surface area contributed by atoms with Crippen LogP contribution in [0.25, 0.3) is 10.9 Å². The number of carbonyl (C=O) groups excluding carboxylic acids is 1. The van der Waals surface area contributed by atoms with Crippen LogP contribution in [-0.2, 0) is 0 Å². The molecular formula is C36H38ClN3O3. The summed E-state index contributed by atoms with van der Waals surface area (Å²) < 4.78 is 12.2. The molecule has 0 amide bonds. The lowest BCUT2D eigenvalue weighted by atomic mass is 10.0. The Balaban J connectivity index is 0.00000368. The third kappa shape index (κ3) is 6.87. The first-order valence-corrected chi connectivity index (χ1v) is 14.6. The van der Waals surface area contributed by atoms with Crippen molar-refractivity contribution in [2.75, 3.05) is 44.7 Å². The van der Waals surface area contributed by atoms with Gasteiger partial charge in [0.1, 0.15) is 17.6 Å². The van der Waals surface area contributed by atoms with Crippen molar-refractivity contribution in [3.05, 3.63) is 126 Å². The molecule has 0 unspecified atom stereocenters. The lowest BCUT2D eigenvalue weighted by Gasteiger charge is -2.37. The van der Waals surface area contributed by atoms with Crippen molar-refractivity contribution in [3.8, 4) is 11.5 Å². The fraction of sp³-hybridized carbons (Fsp3) is 0.250. The molecule has 1 aromatic heterocycles. The third-order valence-electron chi connectivity index (χ3n) is 8.18. The Labute approximate surface area is 259 Å². The number of para-hydroxylation sites is 3. The van der Waals surface area contributed by atoms with Crippen molar-refractivity contribution in [2.24, 2.45) is 0 Å². The number of fused-ring (bicyclic) bond motifs is 1. The first-order chi connectivity index (χ1) is 20.6. The number of hydrogen-bond acceptors (Lipinski definition) is 5. The van der Waals surface area contributed by atoms with E-state index in [4.69, 9.17) is 9.47 Å². The highest BCUT2D eigenvalue weighted by Gasteiger charge is 2.22. The number of hydrogen-bond donors (Lipinski definition) is 1. The van der Waals surface area contributed by atoms with Gasteiger partial charge in [0.25, 0.3) is 0 Å². The fourth-order valence-electron chi connectivity index (χ4n) is 5.74. The van der Waals surface area contributed by atoms with Crippen LogP contribution in [-0.4, -0.2) is 55.5 Å². The van der Waals surface area contributed by atoms with Gasteiger partial charge in [0.2, 0.25) is 0 Å². The minimum atomic E-state index is -0.0898. The van der Waals surface area contributed by atoms with Crippen molar-refractivity contribution >= 4 is 34.8 Å². The van der Waals surface area contributed by atoms with E-state index in [2.05, 4.69) is 58.1 Å². The second-order valence-corrected chi connectivity index (χ2v) is 10.9. The van der Waals surface area contributed by atoms with Crippen LogP contribution in [0.3, 0.4) is 0 Å². The molecule has 6 nitrogen and oxygen atoms in total. The average Bonchev–Trinajstić information content (AvgIpc) is 3.48. The number of aromatic amines is 1. The van der Waals surface area contributed by atoms with E-state index in [9.17, 15) is 4.79 Å². The van der Waals surface area contributed by atoms with Crippen LogP contribution < -0.4 is 14.4 Å². The second-order valence-electron chi connectivity index (χ2n) is 10.9. The largest absolute Gasteiger partial charge is 0.495 e. The summed E-state index contributed by atoms with van der Waals surface area (Å²) in [6.45, 7) is 6.94. The topological polar surface area (TPSA) is 57.8 Å². The summed E-state index contributed by atoms with van der Waals surface area (Å²) in [6, 6.07) is 32.3. The lowest BCUT2D eigenvalue weighted by molar-refractivity contribution is 0.104. The van der Waals surface area contributed by atoms with Crippen molar-refractivity contribution in [1.82, 2.24) is 9.88 Å². The molecule has 0 radical (unpaired) electrons. The molecule has 4 aromatic carbocycles. The minimum absolute atomic E-state index is 0. The maximum atomic E-state index is 13.3. The maximum absolute atomic E-state index is 13.3. The number of nitrogens with zero attached hydrogens (tertiary/aromatic N) is 2. The summed E-state index contributed by atoms with van der Waals surface area (Å²) >= 11 is 0. The minimum Gasteiger partial charge on any atom is -0.495 e. The predicted molar refractivity (Wildman–Crippen MR) is 176 cm³/mol. The van der Waals surface area contributed by atoms with Gasteiger partial charge >= 0.3 is 0 Å². The van der Waals surface area contributed by atoms with E-state index in [0.717, 1.165) is 72.8 Å². The van der Waals surface area contributed by atoms with Crippen molar-refractivity contribution in [3.63, 3.8) is 0 Å². The molecule has 1 aliphatic heterocycles. The zero-order valence-electron chi connectivity index (χ0n) is 24.7. The van der Waals surface area contributed by atoms with E-state index in [1.54, 1.807) is 13.3 Å². The molecule has 43 heavy (non-hydrogen) atoms. The van der Waals surface area contributed by atoms with Gasteiger partial charge in [-0.3, -0.25) is 9.69 Å². The van der Waals surface area contributed by atoms with Crippen LogP contribution >= 0.6 is 12.4 Å². The first-order valence-electron chi connectivity index (χ1n) is 14.6. The smallest absolute Gasteiger partial charge is 0.195 e. The van der Waals surface area contributed by atoms with Crippen LogP contribution in [0.2, 0.25) is 0 Å². The lowest BCUT2D eigenvalue weighted by Crippen LogP contribution is -2.47. The van der Waals surface area contributed by atoms with Gasteiger partial charge in [-0.15, -0.1) is 12.4 Å². The summed E-state index contributed by atoms with van der Waals surface area (Å²) in [6.07, 6.45) is 2.57. The number of aryl methyl sites for hydroxylation is 1. The summed E-state index contributed by atoms with van der Waals surface area (Å²) in [4.78, 5) is 21.4. The summed E-state index contributed by atoms with van der Waals surface area (Å²) in [7, 11) is 1.73. The molecule has 1 saturated heterocycles. The SMILES string of the molecule is COc1ccccc1N1CCN(CC[C@H](Oc2ccc(C(=O)c3c[nH]c4ccccc34)cc2)c2ccc(C)cc2)CC1.Cl. The molecule has 7 heteroatoms. The van der Waals surface area contributed by atoms with Crippen LogP contribution in [0.15, 0.2) is 103 Å². The van der Waals surface area contributed by atoms with Gasteiger partial charge in [0.15, 0.2) is 5.78 Å². The maximum Gasteiger partial charge on any atom is 0.195 e. The molecule has 0 bridgehead atoms. The molecule has 0 spiro atoms. The molecule has 1 fully saturated rings. The Morgan fingerprint density at radius 2 is 1.56 bits per heavy atom. The molecular weight excluding hydrogens is 558 g/mol. The summed E-state index contributed by atoms with van der Waals surface area (Å²) in [5.74, 6) is 1.69. The van der Waals surface area contributed by atoms with Crippen LogP contribution in [0.1, 0.15) is 39.6 Å². The van der Waals surface area contributed by atoms with Crippen LogP contribution in [0.5, 0.6) is 11.5 Å². The molecule has 1 atom stereocenters. The van der Waals surface area contributed by atoms with Crippen molar-refractivity contribution < 1.29 is 14.3 Å². The number of methoxy groups -OCH3 is 1. The van der Waals surface area contributed by atoms with E-state index in [0.29, 0.717) is 11.1 Å². The Bertz CT molecular complexity index is 1640. The van der Waals surface area contributed by atoms with Crippen molar-refractivity contribution in [1.29, 1.82) is 0 Å². The fourth-order valence-corrected chi connectivity index (χ4v) is 5.74. The highest BCUT2D eigenvalue weighted by molar-refractivity contribution is 6.16. The molecule has 1 aliphatic rings. The van der Waals surface area contributed by atoms with Gasteiger partial charge in [-0.25, -0.2) is 0 Å². The number of nitrogens with one attached hydrogen (secondary N) is 1. The number of rotatable bonds is 10. The van der Waals surface area contributed by atoms with Crippen LogP contribution in [0.4, 0.5) is 5.69 Å². The highest BCUT2D eigenvalue weighted by atomic mass is 35.5. The standard InChI is InChI=1S/C36H37N3O3.ClH/c1-26-11-13-27(14-12-26)34(19-20-38-21-23-39(24-22-38)33-9-5-6-10-35(33)41-2)42-29-17-15-28(16-18-29)36(40)31-25-37-32-8-4-3-7-30(31)32;/h3-18,25,34,37H,19-24H2,1-2H3;1H/t34-;/m0./s1. The molecule has 222 valence electrons. The Kier molecular flexibility index (Phi) is 9.70. The molecule has 0 aliphatic carbocycles. The molecule has 0 saturated carbocycles. The Morgan fingerprint density at radius 1 is 0.860 bits per heavy atom. The van der Waals surface area contributed by atoms with Gasteiger partial charge < -0.3 is 19.4 Å². The third-order valence-corrected chi connectivity index (χ3v) is 8.18. The number of carbonyl (C=O) groups is 1. The Morgan fingerprint density at radius 3 is 2.30 bits per heavy atom. The van der Waals surface area contributed by atoms with E-state index in [1.165, 1.54) is 5.56 Å². The van der Waals surface area contributed by atoms with Gasteiger partial charge in [0, 0.05) is 67.4 Å². The molecule has 5 aromatic rings.